The van der Waals surface area contributed by atoms with E-state index in [1.54, 1.807) is 11.2 Å². The van der Waals surface area contributed by atoms with E-state index in [0.29, 0.717) is 36.8 Å². The van der Waals surface area contributed by atoms with Crippen molar-refractivity contribution in [1.29, 1.82) is 0 Å². The van der Waals surface area contributed by atoms with Crippen molar-refractivity contribution < 1.29 is 18.0 Å². The van der Waals surface area contributed by atoms with Crippen molar-refractivity contribution in [2.45, 2.75) is 102 Å². The largest absolute Gasteiger partial charge is 0.335 e. The fourth-order valence-electron chi connectivity index (χ4n) is 7.94. The molecule has 6 unspecified atom stereocenters. The van der Waals surface area contributed by atoms with Gasteiger partial charge in [-0.05, 0) is 88.9 Å². The molecule has 33 heavy (non-hydrogen) atoms. The molecule has 8 heteroatoms. The molecule has 0 aromatic rings. The van der Waals surface area contributed by atoms with Crippen molar-refractivity contribution in [1.82, 2.24) is 14.1 Å². The highest BCUT2D eigenvalue weighted by atomic mass is 32.2. The van der Waals surface area contributed by atoms with Crippen LogP contribution in [0.25, 0.3) is 0 Å². The van der Waals surface area contributed by atoms with Crippen molar-refractivity contribution >= 4 is 21.8 Å². The predicted octanol–water partition coefficient (Wildman–Crippen LogP) is 2.85. The fourth-order valence-corrected chi connectivity index (χ4v) is 9.17. The summed E-state index contributed by atoms with van der Waals surface area (Å²) in [5.74, 6) is 2.31. The van der Waals surface area contributed by atoms with Gasteiger partial charge in [0.15, 0.2) is 0 Å². The second-order valence-electron chi connectivity index (χ2n) is 11.7. The predicted molar refractivity (Wildman–Crippen MR) is 127 cm³/mol. The van der Waals surface area contributed by atoms with Crippen LogP contribution < -0.4 is 0 Å². The summed E-state index contributed by atoms with van der Waals surface area (Å²) in [5.41, 5.74) is 0. The van der Waals surface area contributed by atoms with Gasteiger partial charge in [-0.2, -0.15) is 4.31 Å². The Hall–Kier alpha value is -1.15. The van der Waals surface area contributed by atoms with E-state index in [2.05, 4.69) is 16.7 Å². The number of carbonyl (C=O) groups is 2. The van der Waals surface area contributed by atoms with E-state index in [1.807, 2.05) is 0 Å². The highest BCUT2D eigenvalue weighted by Gasteiger charge is 2.50. The van der Waals surface area contributed by atoms with Crippen LogP contribution in [0.5, 0.6) is 0 Å². The lowest BCUT2D eigenvalue weighted by molar-refractivity contribution is -0.155. The molecular formula is C25H41N3O4S. The van der Waals surface area contributed by atoms with Gasteiger partial charge in [0, 0.05) is 38.0 Å². The van der Waals surface area contributed by atoms with Gasteiger partial charge in [0.2, 0.25) is 21.8 Å². The molecule has 0 aromatic carbocycles. The highest BCUT2D eigenvalue weighted by Crippen LogP contribution is 2.47. The van der Waals surface area contributed by atoms with Gasteiger partial charge in [0.05, 0.1) is 18.3 Å². The van der Waals surface area contributed by atoms with Gasteiger partial charge in [-0.3, -0.25) is 9.59 Å². The minimum absolute atomic E-state index is 0.0858. The number of piperazine rings is 1. The van der Waals surface area contributed by atoms with Gasteiger partial charge in [0.1, 0.15) is 0 Å². The molecule has 5 fully saturated rings. The number of nitrogens with zero attached hydrogens (tertiary/aromatic N) is 3. The van der Waals surface area contributed by atoms with Crippen molar-refractivity contribution in [3.8, 4) is 0 Å². The molecule has 5 rings (SSSR count). The Labute approximate surface area is 199 Å². The summed E-state index contributed by atoms with van der Waals surface area (Å²) in [4.78, 5) is 29.9. The van der Waals surface area contributed by atoms with Gasteiger partial charge >= 0.3 is 0 Å². The van der Waals surface area contributed by atoms with Gasteiger partial charge < -0.3 is 9.80 Å². The molecule has 7 nitrogen and oxygen atoms in total. The minimum Gasteiger partial charge on any atom is -0.335 e. The van der Waals surface area contributed by atoms with Gasteiger partial charge in [0.25, 0.3) is 0 Å². The Balaban J connectivity index is 1.31. The average Bonchev–Trinajstić information content (AvgIpc) is 3.61. The number of hydrogen-bond acceptors (Lipinski definition) is 4. The summed E-state index contributed by atoms with van der Waals surface area (Å²) in [6.07, 6.45) is 11.7. The maximum absolute atomic E-state index is 13.2. The zero-order valence-corrected chi connectivity index (χ0v) is 21.3. The third-order valence-corrected chi connectivity index (χ3v) is 10.8. The smallest absolute Gasteiger partial charge is 0.226 e. The summed E-state index contributed by atoms with van der Waals surface area (Å²) in [5, 5.41) is 0. The number of sulfonamides is 1. The van der Waals surface area contributed by atoms with Gasteiger partial charge in [-0.25, -0.2) is 8.42 Å². The molecule has 186 valence electrons. The molecule has 2 saturated heterocycles. The first-order valence-electron chi connectivity index (χ1n) is 13.2. The van der Waals surface area contributed by atoms with Gasteiger partial charge in [-0.1, -0.05) is 0 Å². The first-order chi connectivity index (χ1) is 15.6. The van der Waals surface area contributed by atoms with E-state index >= 15 is 0 Å². The maximum Gasteiger partial charge on any atom is 0.226 e. The van der Waals surface area contributed by atoms with Crippen LogP contribution in [-0.2, 0) is 19.6 Å². The molecule has 3 saturated carbocycles. The molecular weight excluding hydrogens is 438 g/mol. The van der Waals surface area contributed by atoms with E-state index in [1.165, 1.54) is 6.26 Å². The lowest BCUT2D eigenvalue weighted by Crippen LogP contribution is -2.67. The fraction of sp³-hybridized carbons (Fsp3) is 0.920. The van der Waals surface area contributed by atoms with E-state index in [9.17, 15) is 18.0 Å². The molecule has 2 heterocycles. The molecule has 2 aliphatic heterocycles. The summed E-state index contributed by atoms with van der Waals surface area (Å²) in [7, 11) is -3.14. The standard InChI is InChI=1S/C25H41N3O4S/c1-16-15-26(25(30)18-6-7-18)24-14-20(9-11-23(24)28(16)17(2)29)19-8-10-22-21(13-19)5-4-12-27(22)33(3,31)32/h16,18-24H,4-15H2,1-3H3/t16-,19?,20?,21?,22?,23?,24?/m0/s1. The number of amides is 2. The van der Waals surface area contributed by atoms with Crippen molar-refractivity contribution in [3.05, 3.63) is 0 Å². The van der Waals surface area contributed by atoms with Crippen LogP contribution >= 0.6 is 0 Å². The van der Waals surface area contributed by atoms with Crippen LogP contribution in [-0.4, -0.2) is 77.8 Å². The van der Waals surface area contributed by atoms with Crippen molar-refractivity contribution in [2.24, 2.45) is 23.7 Å². The topological polar surface area (TPSA) is 78.0 Å². The van der Waals surface area contributed by atoms with Crippen LogP contribution in [0.4, 0.5) is 0 Å². The van der Waals surface area contributed by atoms with E-state index < -0.39 is 10.0 Å². The Kier molecular flexibility index (Phi) is 6.30. The molecule has 5 aliphatic rings. The quantitative estimate of drug-likeness (QED) is 0.624. The number of hydrogen-bond donors (Lipinski definition) is 0. The second kappa shape index (κ2) is 8.81. The monoisotopic (exact) mass is 479 g/mol. The summed E-state index contributed by atoms with van der Waals surface area (Å²) in [6, 6.07) is 0.561. The van der Waals surface area contributed by atoms with E-state index in [0.717, 1.165) is 64.2 Å². The number of rotatable bonds is 3. The molecule has 0 N–H and O–H groups in total. The Morgan fingerprint density at radius 1 is 0.818 bits per heavy atom. The SMILES string of the molecule is CC(=O)N1C2CCC(C3CCC4C(CCCN4S(C)(=O)=O)C3)CC2N(C(=O)C2CC2)C[C@@H]1C. The number of fused-ring (bicyclic) bond motifs is 2. The molecule has 2 amide bonds. The molecule has 0 bridgehead atoms. The third-order valence-electron chi connectivity index (χ3n) is 9.49. The molecule has 3 aliphatic carbocycles. The Morgan fingerprint density at radius 3 is 2.12 bits per heavy atom. The number of carbonyl (C=O) groups excluding carboxylic acids is 2. The first kappa shape index (κ1) is 23.6. The zero-order valence-electron chi connectivity index (χ0n) is 20.5. The van der Waals surface area contributed by atoms with Gasteiger partial charge in [-0.15, -0.1) is 0 Å². The first-order valence-corrected chi connectivity index (χ1v) is 15.1. The zero-order chi connectivity index (χ0) is 23.5. The Bertz CT molecular complexity index is 888. The average molecular weight is 480 g/mol. The molecule has 0 aromatic heterocycles. The normalized spacial score (nSPS) is 40.2. The lowest BCUT2D eigenvalue weighted by atomic mass is 9.65. The molecule has 0 radical (unpaired) electrons. The number of piperidine rings is 1. The third kappa shape index (κ3) is 4.46. The van der Waals surface area contributed by atoms with Crippen molar-refractivity contribution in [3.63, 3.8) is 0 Å². The summed E-state index contributed by atoms with van der Waals surface area (Å²) >= 11 is 0. The van der Waals surface area contributed by atoms with Crippen LogP contribution in [0, 0.1) is 23.7 Å². The minimum atomic E-state index is -3.14. The molecule has 7 atom stereocenters. The second-order valence-corrected chi connectivity index (χ2v) is 13.6. The summed E-state index contributed by atoms with van der Waals surface area (Å²) < 4.78 is 26.4. The van der Waals surface area contributed by atoms with Crippen LogP contribution in [0.2, 0.25) is 0 Å². The maximum atomic E-state index is 13.2. The van der Waals surface area contributed by atoms with Crippen molar-refractivity contribution in [2.75, 3.05) is 19.3 Å². The van der Waals surface area contributed by atoms with Crippen LogP contribution in [0.3, 0.4) is 0 Å². The highest BCUT2D eigenvalue weighted by molar-refractivity contribution is 7.88. The van der Waals surface area contributed by atoms with Crippen LogP contribution in [0.15, 0.2) is 0 Å². The Morgan fingerprint density at radius 2 is 1.48 bits per heavy atom. The van der Waals surface area contributed by atoms with E-state index in [4.69, 9.17) is 0 Å². The molecule has 0 spiro atoms. The van der Waals surface area contributed by atoms with E-state index in [-0.39, 0.29) is 36.0 Å². The lowest BCUT2D eigenvalue weighted by Gasteiger charge is -2.55. The van der Waals surface area contributed by atoms with Crippen LogP contribution in [0.1, 0.15) is 78.1 Å². The summed E-state index contributed by atoms with van der Waals surface area (Å²) in [6.45, 7) is 5.11.